The largest absolute Gasteiger partial charge is 0.469 e. The summed E-state index contributed by atoms with van der Waals surface area (Å²) in [6.45, 7) is 6.46. The zero-order valence-electron chi connectivity index (χ0n) is 14.6. The second-order valence-corrected chi connectivity index (χ2v) is 7.45. The molecule has 1 aromatic rings. The van der Waals surface area contributed by atoms with E-state index in [1.54, 1.807) is 4.90 Å². The molecule has 0 aliphatic carbocycles. The minimum atomic E-state index is -0.550. The van der Waals surface area contributed by atoms with Crippen molar-refractivity contribution in [2.45, 2.75) is 51.7 Å². The van der Waals surface area contributed by atoms with Crippen molar-refractivity contribution in [1.29, 1.82) is 0 Å². The van der Waals surface area contributed by atoms with Gasteiger partial charge >= 0.3 is 12.1 Å². The van der Waals surface area contributed by atoms with Crippen LogP contribution in [0.5, 0.6) is 0 Å². The number of fused-ring (bicyclic) bond motifs is 1. The van der Waals surface area contributed by atoms with E-state index in [0.29, 0.717) is 24.5 Å². The summed E-state index contributed by atoms with van der Waals surface area (Å²) in [5.41, 5.74) is 1.43. The number of nitrogens with zero attached hydrogens (tertiary/aromatic N) is 1. The Hall–Kier alpha value is -1.75. The first kappa shape index (κ1) is 18.6. The predicted molar refractivity (Wildman–Crippen MR) is 92.1 cm³/mol. The van der Waals surface area contributed by atoms with E-state index in [2.05, 4.69) is 0 Å². The molecule has 0 saturated carbocycles. The van der Waals surface area contributed by atoms with Crippen LogP contribution in [0.25, 0.3) is 0 Å². The van der Waals surface area contributed by atoms with Crippen LogP contribution in [0.1, 0.15) is 50.7 Å². The van der Waals surface area contributed by atoms with Gasteiger partial charge in [-0.25, -0.2) is 4.79 Å². The Labute approximate surface area is 147 Å². The van der Waals surface area contributed by atoms with Crippen LogP contribution in [0.3, 0.4) is 0 Å². The summed E-state index contributed by atoms with van der Waals surface area (Å²) in [4.78, 5) is 25.8. The maximum absolute atomic E-state index is 12.4. The van der Waals surface area contributed by atoms with Crippen molar-refractivity contribution in [3.63, 3.8) is 0 Å². The molecule has 24 heavy (non-hydrogen) atoms. The highest BCUT2D eigenvalue weighted by Gasteiger charge is 2.29. The number of carbonyl (C=O) groups excluding carboxylic acids is 2. The number of esters is 1. The van der Waals surface area contributed by atoms with Crippen molar-refractivity contribution in [3.05, 3.63) is 34.3 Å². The highest BCUT2D eigenvalue weighted by Crippen LogP contribution is 2.33. The van der Waals surface area contributed by atoms with Gasteiger partial charge in [-0.2, -0.15) is 0 Å². The number of hydrogen-bond acceptors (Lipinski definition) is 4. The molecule has 0 bridgehead atoms. The van der Waals surface area contributed by atoms with E-state index in [9.17, 15) is 9.59 Å². The molecule has 1 aromatic carbocycles. The SMILES string of the molecule is COC(=O)CC1CCN(C(=O)OC(C)(C)C)Cc2cc(Cl)ccc21. The van der Waals surface area contributed by atoms with Gasteiger partial charge in [0.25, 0.3) is 0 Å². The summed E-state index contributed by atoms with van der Waals surface area (Å²) >= 11 is 6.12. The molecule has 132 valence electrons. The molecular formula is C18H24ClNO4. The number of carbonyl (C=O) groups is 2. The van der Waals surface area contributed by atoms with E-state index in [4.69, 9.17) is 21.1 Å². The molecular weight excluding hydrogens is 330 g/mol. The normalized spacial score (nSPS) is 17.7. The third kappa shape index (κ3) is 4.87. The second kappa shape index (κ2) is 7.43. The third-order valence-corrected chi connectivity index (χ3v) is 4.18. The van der Waals surface area contributed by atoms with E-state index in [-0.39, 0.29) is 24.4 Å². The summed E-state index contributed by atoms with van der Waals surface area (Å²) in [6.07, 6.45) is 0.600. The lowest BCUT2D eigenvalue weighted by Crippen LogP contribution is -2.36. The van der Waals surface area contributed by atoms with Crippen LogP contribution >= 0.6 is 11.6 Å². The van der Waals surface area contributed by atoms with Crippen LogP contribution in [-0.2, 0) is 20.8 Å². The number of ether oxygens (including phenoxy) is 2. The van der Waals surface area contributed by atoms with E-state index in [1.807, 2.05) is 39.0 Å². The Morgan fingerprint density at radius 1 is 1.33 bits per heavy atom. The lowest BCUT2D eigenvalue weighted by Gasteiger charge is -2.26. The van der Waals surface area contributed by atoms with Crippen LogP contribution in [0.4, 0.5) is 4.79 Å². The smallest absolute Gasteiger partial charge is 0.410 e. The van der Waals surface area contributed by atoms with Gasteiger partial charge in [0.2, 0.25) is 0 Å². The fraction of sp³-hybridized carbons (Fsp3) is 0.556. The standard InChI is InChI=1S/C18H24ClNO4/c1-18(2,3)24-17(22)20-8-7-12(10-16(21)23-4)15-6-5-14(19)9-13(15)11-20/h5-6,9,12H,7-8,10-11H2,1-4H3. The van der Waals surface area contributed by atoms with Crippen molar-refractivity contribution in [1.82, 2.24) is 4.90 Å². The van der Waals surface area contributed by atoms with Crippen molar-refractivity contribution in [3.8, 4) is 0 Å². The molecule has 0 aromatic heterocycles. The highest BCUT2D eigenvalue weighted by atomic mass is 35.5. The molecule has 0 spiro atoms. The van der Waals surface area contributed by atoms with Crippen LogP contribution in [0.2, 0.25) is 5.02 Å². The lowest BCUT2D eigenvalue weighted by molar-refractivity contribution is -0.141. The first-order valence-corrected chi connectivity index (χ1v) is 8.40. The number of hydrogen-bond donors (Lipinski definition) is 0. The minimum absolute atomic E-state index is 0.00264. The van der Waals surface area contributed by atoms with Crippen molar-refractivity contribution < 1.29 is 19.1 Å². The van der Waals surface area contributed by atoms with Gasteiger partial charge in [-0.15, -0.1) is 0 Å². The highest BCUT2D eigenvalue weighted by molar-refractivity contribution is 6.30. The fourth-order valence-electron chi connectivity index (χ4n) is 2.84. The van der Waals surface area contributed by atoms with Gasteiger partial charge in [0.05, 0.1) is 13.5 Å². The minimum Gasteiger partial charge on any atom is -0.469 e. The Morgan fingerprint density at radius 2 is 2.04 bits per heavy atom. The molecule has 6 heteroatoms. The molecule has 1 heterocycles. The molecule has 1 aliphatic rings. The molecule has 1 amide bonds. The summed E-state index contributed by atoms with van der Waals surface area (Å²) in [6, 6.07) is 5.60. The van der Waals surface area contributed by atoms with Gasteiger partial charge < -0.3 is 14.4 Å². The van der Waals surface area contributed by atoms with Gasteiger partial charge in [0.1, 0.15) is 5.60 Å². The lowest BCUT2D eigenvalue weighted by atomic mass is 9.90. The zero-order chi connectivity index (χ0) is 17.9. The van der Waals surface area contributed by atoms with Gasteiger partial charge in [-0.3, -0.25) is 4.79 Å². The van der Waals surface area contributed by atoms with Gasteiger partial charge in [-0.1, -0.05) is 17.7 Å². The first-order chi connectivity index (χ1) is 11.2. The van der Waals surface area contributed by atoms with E-state index < -0.39 is 5.60 Å². The van der Waals surface area contributed by atoms with Crippen LogP contribution in [0.15, 0.2) is 18.2 Å². The quantitative estimate of drug-likeness (QED) is 0.750. The van der Waals surface area contributed by atoms with Crippen LogP contribution < -0.4 is 0 Å². The molecule has 0 saturated heterocycles. The average molecular weight is 354 g/mol. The molecule has 0 N–H and O–H groups in total. The molecule has 5 nitrogen and oxygen atoms in total. The molecule has 0 fully saturated rings. The Kier molecular flexibility index (Phi) is 5.75. The molecule has 1 aliphatic heterocycles. The first-order valence-electron chi connectivity index (χ1n) is 8.02. The van der Waals surface area contributed by atoms with Gasteiger partial charge in [-0.05, 0) is 56.4 Å². The second-order valence-electron chi connectivity index (χ2n) is 7.01. The van der Waals surface area contributed by atoms with E-state index >= 15 is 0 Å². The van der Waals surface area contributed by atoms with E-state index in [1.165, 1.54) is 7.11 Å². The number of benzene rings is 1. The van der Waals surface area contributed by atoms with Gasteiger partial charge in [0.15, 0.2) is 0 Å². The van der Waals surface area contributed by atoms with E-state index in [0.717, 1.165) is 11.1 Å². The Morgan fingerprint density at radius 3 is 2.67 bits per heavy atom. The zero-order valence-corrected chi connectivity index (χ0v) is 15.4. The average Bonchev–Trinajstić information content (AvgIpc) is 2.65. The van der Waals surface area contributed by atoms with Crippen molar-refractivity contribution >= 4 is 23.7 Å². The predicted octanol–water partition coefficient (Wildman–Crippen LogP) is 4.13. The monoisotopic (exact) mass is 353 g/mol. The summed E-state index contributed by atoms with van der Waals surface area (Å²) in [7, 11) is 1.38. The molecule has 1 atom stereocenters. The topological polar surface area (TPSA) is 55.8 Å². The summed E-state index contributed by atoms with van der Waals surface area (Å²) < 4.78 is 10.3. The summed E-state index contributed by atoms with van der Waals surface area (Å²) in [5, 5.41) is 0.608. The number of methoxy groups -OCH3 is 1. The van der Waals surface area contributed by atoms with Gasteiger partial charge in [0, 0.05) is 18.1 Å². The summed E-state index contributed by atoms with van der Waals surface area (Å²) in [5.74, 6) is -0.260. The maximum atomic E-state index is 12.4. The Bertz CT molecular complexity index is 624. The maximum Gasteiger partial charge on any atom is 0.410 e. The third-order valence-electron chi connectivity index (χ3n) is 3.95. The fourth-order valence-corrected chi connectivity index (χ4v) is 3.03. The number of halogens is 1. The molecule has 0 radical (unpaired) electrons. The van der Waals surface area contributed by atoms with Crippen LogP contribution in [0, 0.1) is 0 Å². The molecule has 2 rings (SSSR count). The van der Waals surface area contributed by atoms with Crippen LogP contribution in [-0.4, -0.2) is 36.2 Å². The molecule has 1 unspecified atom stereocenters. The Balaban J connectivity index is 2.26. The number of amides is 1. The van der Waals surface area contributed by atoms with Crippen molar-refractivity contribution in [2.24, 2.45) is 0 Å². The van der Waals surface area contributed by atoms with Crippen molar-refractivity contribution in [2.75, 3.05) is 13.7 Å². The number of rotatable bonds is 2.